The van der Waals surface area contributed by atoms with Crippen molar-refractivity contribution in [3.05, 3.63) is 12.2 Å². The first-order chi connectivity index (χ1) is 18.2. The molecule has 10 atom stereocenters. The van der Waals surface area contributed by atoms with Gasteiger partial charge in [-0.05, 0) is 128 Å². The second kappa shape index (κ2) is 10.8. The molecule has 0 aromatic carbocycles. The fraction of sp³-hybridized carbons (Fsp3) is 0.933. The van der Waals surface area contributed by atoms with E-state index in [-0.39, 0.29) is 69.7 Å². The standard InChI is InChI=1S/C30H50O8S2.Na/c1-19(2)20-10-15-30(18-37-39(31,32)33)17-16-28(6)21(25(20)30)8-9-23-27(5)13-12-24(38-40(34,35)36)26(3,4)22(27)11-14-29(23,28)7;/h20-25H,1,8-18H2,2-7H3,(H,31,32,33)(H,34,35,36);/q;+1/t20-,21+,22-,23?,24-,25?,27-,28+,29+,30+;/m0./s1. The maximum absolute atomic E-state index is 11.7. The molecule has 0 radical (unpaired) electrons. The van der Waals surface area contributed by atoms with Crippen LogP contribution in [0.2, 0.25) is 0 Å². The third kappa shape index (κ3) is 5.39. The van der Waals surface area contributed by atoms with Gasteiger partial charge in [-0.25, -0.2) is 8.37 Å². The van der Waals surface area contributed by atoms with Crippen molar-refractivity contribution in [2.24, 2.45) is 56.7 Å². The molecule has 230 valence electrons. The average Bonchev–Trinajstić information content (AvgIpc) is 3.19. The summed E-state index contributed by atoms with van der Waals surface area (Å²) in [6.07, 6.45) is 8.84. The van der Waals surface area contributed by atoms with E-state index in [0.29, 0.717) is 24.2 Å². The molecule has 0 aliphatic heterocycles. The van der Waals surface area contributed by atoms with Gasteiger partial charge in [0.25, 0.3) is 0 Å². The minimum Gasteiger partial charge on any atom is -0.264 e. The number of hydrogen-bond acceptors (Lipinski definition) is 6. The summed E-state index contributed by atoms with van der Waals surface area (Å²) in [4.78, 5) is 0. The second-order valence-electron chi connectivity index (χ2n) is 15.6. The molecular formula is C30H50NaO8S2+. The third-order valence-corrected chi connectivity index (χ3v) is 14.8. The molecule has 2 N–H and O–H groups in total. The molecule has 0 aromatic rings. The van der Waals surface area contributed by atoms with Crippen molar-refractivity contribution < 1.29 is 63.9 Å². The zero-order chi connectivity index (χ0) is 29.7. The molecule has 41 heavy (non-hydrogen) atoms. The van der Waals surface area contributed by atoms with Crippen LogP contribution in [-0.2, 0) is 29.2 Å². The predicted molar refractivity (Wildman–Crippen MR) is 153 cm³/mol. The van der Waals surface area contributed by atoms with E-state index in [0.717, 1.165) is 63.4 Å². The fourth-order valence-corrected chi connectivity index (χ4v) is 13.0. The molecule has 5 aliphatic rings. The summed E-state index contributed by atoms with van der Waals surface area (Å²) in [5.41, 5.74) is 0.640. The van der Waals surface area contributed by atoms with Crippen LogP contribution in [0.25, 0.3) is 0 Å². The summed E-state index contributed by atoms with van der Waals surface area (Å²) in [5.74, 6) is 1.73. The van der Waals surface area contributed by atoms with Gasteiger partial charge in [-0.3, -0.25) is 9.11 Å². The van der Waals surface area contributed by atoms with Crippen LogP contribution in [0, 0.1) is 56.7 Å². The van der Waals surface area contributed by atoms with Crippen molar-refractivity contribution in [3.63, 3.8) is 0 Å². The van der Waals surface area contributed by atoms with Gasteiger partial charge in [0.1, 0.15) is 0 Å². The van der Waals surface area contributed by atoms with E-state index in [2.05, 4.69) is 48.1 Å². The normalized spacial score (nSPS) is 47.2. The van der Waals surface area contributed by atoms with Crippen LogP contribution in [0.5, 0.6) is 0 Å². The molecule has 8 nitrogen and oxygen atoms in total. The van der Waals surface area contributed by atoms with Crippen LogP contribution in [0.1, 0.15) is 106 Å². The molecule has 0 amide bonds. The van der Waals surface area contributed by atoms with Gasteiger partial charge in [-0.15, -0.1) is 0 Å². The van der Waals surface area contributed by atoms with E-state index in [1.807, 2.05) is 0 Å². The van der Waals surface area contributed by atoms with Crippen molar-refractivity contribution in [3.8, 4) is 0 Å². The molecule has 0 heterocycles. The monoisotopic (exact) mass is 625 g/mol. The summed E-state index contributed by atoms with van der Waals surface area (Å²) in [7, 11) is -9.04. The Morgan fingerprint density at radius 2 is 1.46 bits per heavy atom. The Kier molecular flexibility index (Phi) is 9.04. The zero-order valence-corrected chi connectivity index (χ0v) is 29.7. The number of allylic oxidation sites excluding steroid dienone is 1. The van der Waals surface area contributed by atoms with E-state index < -0.39 is 32.3 Å². The number of fused-ring (bicyclic) bond motifs is 7. The second-order valence-corrected chi connectivity index (χ2v) is 17.7. The van der Waals surface area contributed by atoms with Crippen LogP contribution in [-0.4, -0.2) is 38.7 Å². The van der Waals surface area contributed by atoms with Crippen molar-refractivity contribution in [2.75, 3.05) is 6.61 Å². The Morgan fingerprint density at radius 3 is 2.05 bits per heavy atom. The van der Waals surface area contributed by atoms with E-state index in [1.165, 1.54) is 0 Å². The summed E-state index contributed by atoms with van der Waals surface area (Å²) >= 11 is 0. The molecule has 5 fully saturated rings. The van der Waals surface area contributed by atoms with Crippen LogP contribution < -0.4 is 29.6 Å². The molecule has 5 saturated carbocycles. The topological polar surface area (TPSA) is 127 Å². The van der Waals surface area contributed by atoms with Gasteiger partial charge in [0, 0.05) is 0 Å². The van der Waals surface area contributed by atoms with Crippen molar-refractivity contribution in [1.29, 1.82) is 0 Å². The molecular weight excluding hydrogens is 575 g/mol. The van der Waals surface area contributed by atoms with Gasteiger partial charge in [-0.1, -0.05) is 46.8 Å². The average molecular weight is 626 g/mol. The van der Waals surface area contributed by atoms with Gasteiger partial charge in [0.15, 0.2) is 0 Å². The zero-order valence-electron chi connectivity index (χ0n) is 26.1. The van der Waals surface area contributed by atoms with Crippen LogP contribution in [0.3, 0.4) is 0 Å². The third-order valence-electron chi connectivity index (χ3n) is 13.9. The van der Waals surface area contributed by atoms with Crippen LogP contribution in [0.15, 0.2) is 12.2 Å². The summed E-state index contributed by atoms with van der Waals surface area (Å²) in [5, 5.41) is 0. The summed E-state index contributed by atoms with van der Waals surface area (Å²) < 4.78 is 75.9. The van der Waals surface area contributed by atoms with E-state index in [4.69, 9.17) is 8.37 Å². The largest absolute Gasteiger partial charge is 1.00 e. The molecule has 2 unspecified atom stereocenters. The fourth-order valence-electron chi connectivity index (χ4n) is 12.0. The summed E-state index contributed by atoms with van der Waals surface area (Å²) in [6, 6.07) is 0. The van der Waals surface area contributed by atoms with E-state index >= 15 is 0 Å². The maximum atomic E-state index is 11.7. The number of hydrogen-bond donors (Lipinski definition) is 2. The molecule has 0 spiro atoms. The molecule has 0 saturated heterocycles. The Bertz CT molecular complexity index is 1270. The first kappa shape index (κ1) is 34.4. The molecule has 5 aliphatic carbocycles. The Hall–Kier alpha value is 0.480. The smallest absolute Gasteiger partial charge is 0.264 e. The van der Waals surface area contributed by atoms with Gasteiger partial charge < -0.3 is 0 Å². The Balaban J connectivity index is 0.00000387. The Labute approximate surface area is 270 Å². The van der Waals surface area contributed by atoms with Crippen LogP contribution in [0.4, 0.5) is 0 Å². The van der Waals surface area contributed by atoms with E-state index in [1.54, 1.807) is 0 Å². The quantitative estimate of drug-likeness (QED) is 0.260. The molecule has 11 heteroatoms. The van der Waals surface area contributed by atoms with Crippen molar-refractivity contribution in [2.45, 2.75) is 112 Å². The molecule has 0 aromatic heterocycles. The molecule has 5 rings (SSSR count). The predicted octanol–water partition coefficient (Wildman–Crippen LogP) is 3.66. The minimum atomic E-state index is -4.52. The van der Waals surface area contributed by atoms with Crippen molar-refractivity contribution in [1.82, 2.24) is 0 Å². The van der Waals surface area contributed by atoms with Gasteiger partial charge in [0.05, 0.1) is 12.7 Å². The van der Waals surface area contributed by atoms with Gasteiger partial charge >= 0.3 is 50.4 Å². The maximum Gasteiger partial charge on any atom is 1.00 e. The van der Waals surface area contributed by atoms with Gasteiger partial charge in [0.2, 0.25) is 0 Å². The van der Waals surface area contributed by atoms with Gasteiger partial charge in [-0.2, -0.15) is 16.8 Å². The van der Waals surface area contributed by atoms with E-state index in [9.17, 15) is 25.9 Å². The first-order valence-electron chi connectivity index (χ1n) is 15.1. The number of rotatable bonds is 6. The molecule has 0 bridgehead atoms. The summed E-state index contributed by atoms with van der Waals surface area (Å²) in [6.45, 7) is 18.1. The minimum absolute atomic E-state index is 0. The Morgan fingerprint density at radius 1 is 0.805 bits per heavy atom. The first-order valence-corrected chi connectivity index (χ1v) is 17.9. The van der Waals surface area contributed by atoms with Crippen molar-refractivity contribution >= 4 is 20.8 Å². The van der Waals surface area contributed by atoms with Crippen LogP contribution >= 0.6 is 0 Å². The SMILES string of the molecule is C=C(C)[C@@H]1CC[C@]2(COS(=O)(=O)O)CC[C@]3(C)[C@H](CCC4[C@@]5(C)CC[C@H](OS(=O)(=O)O)C(C)(C)[C@@H]5CC[C@]43C)C12.[Na+].